The maximum absolute atomic E-state index is 11.7. The van der Waals surface area contributed by atoms with Gasteiger partial charge in [-0.25, -0.2) is 0 Å². The first kappa shape index (κ1) is 14.5. The molecule has 0 aliphatic rings. The van der Waals surface area contributed by atoms with E-state index >= 15 is 0 Å². The number of carbonyl (C=O) groups excluding carboxylic acids is 1. The lowest BCUT2D eigenvalue weighted by Gasteiger charge is -2.10. The smallest absolute Gasteiger partial charge is 0.224 e. The predicted molar refractivity (Wildman–Crippen MR) is 74.2 cm³/mol. The van der Waals surface area contributed by atoms with Gasteiger partial charge >= 0.3 is 0 Å². The highest BCUT2D eigenvalue weighted by molar-refractivity contribution is 7.84. The second-order valence-corrected chi connectivity index (χ2v) is 5.44. The van der Waals surface area contributed by atoms with Gasteiger partial charge in [0.2, 0.25) is 5.91 Å². The third-order valence-corrected chi connectivity index (χ3v) is 3.20. The number of ether oxygens (including phenoxy) is 1. The molecule has 1 atom stereocenters. The second kappa shape index (κ2) is 7.00. The van der Waals surface area contributed by atoms with E-state index in [0.717, 1.165) is 0 Å². The highest BCUT2D eigenvalue weighted by Crippen LogP contribution is 2.26. The van der Waals surface area contributed by atoms with Crippen LogP contribution in [0, 0.1) is 0 Å². The number of nitrogen functional groups attached to an aromatic ring is 1. The molecule has 0 saturated heterocycles. The number of hydrogen-bond acceptors (Lipinski definition) is 4. The van der Waals surface area contributed by atoms with Crippen LogP contribution >= 0.6 is 0 Å². The SMILES string of the molecule is COc1ccc(N)cc1NC(=O)CCCS(C)=O. The summed E-state index contributed by atoms with van der Waals surface area (Å²) in [6.45, 7) is 0. The normalized spacial score (nSPS) is 11.9. The molecule has 6 heteroatoms. The van der Waals surface area contributed by atoms with Crippen molar-refractivity contribution >= 4 is 28.1 Å². The number of rotatable bonds is 6. The number of carbonyl (C=O) groups is 1. The minimum Gasteiger partial charge on any atom is -0.495 e. The van der Waals surface area contributed by atoms with Gasteiger partial charge < -0.3 is 15.8 Å². The van der Waals surface area contributed by atoms with Crippen LogP contribution in [-0.4, -0.2) is 29.2 Å². The molecule has 18 heavy (non-hydrogen) atoms. The number of benzene rings is 1. The van der Waals surface area contributed by atoms with Crippen LogP contribution in [0.25, 0.3) is 0 Å². The number of methoxy groups -OCH3 is 1. The Labute approximate surface area is 109 Å². The summed E-state index contributed by atoms with van der Waals surface area (Å²) in [5.41, 5.74) is 6.76. The summed E-state index contributed by atoms with van der Waals surface area (Å²) >= 11 is 0. The Kier molecular flexibility index (Phi) is 5.64. The summed E-state index contributed by atoms with van der Waals surface area (Å²) in [7, 11) is 0.666. The van der Waals surface area contributed by atoms with Gasteiger partial charge in [0, 0.05) is 34.9 Å². The molecule has 1 amide bonds. The Morgan fingerprint density at radius 2 is 2.22 bits per heavy atom. The Balaban J connectivity index is 2.58. The molecule has 0 aliphatic carbocycles. The van der Waals surface area contributed by atoms with E-state index in [2.05, 4.69) is 5.32 Å². The maximum Gasteiger partial charge on any atom is 0.224 e. The predicted octanol–water partition coefficient (Wildman–Crippen LogP) is 1.37. The molecule has 0 aromatic heterocycles. The average Bonchev–Trinajstić information content (AvgIpc) is 2.28. The number of hydrogen-bond donors (Lipinski definition) is 2. The van der Waals surface area contributed by atoms with Crippen molar-refractivity contribution in [3.63, 3.8) is 0 Å². The quantitative estimate of drug-likeness (QED) is 0.765. The van der Waals surface area contributed by atoms with Crippen LogP contribution in [-0.2, 0) is 15.6 Å². The van der Waals surface area contributed by atoms with Gasteiger partial charge in [0.05, 0.1) is 12.8 Å². The standard InChI is InChI=1S/C12H18N2O3S/c1-17-11-6-5-9(13)8-10(11)14-12(15)4-3-7-18(2)16/h5-6,8H,3-4,7,13H2,1-2H3,(H,14,15). The van der Waals surface area contributed by atoms with E-state index in [1.807, 2.05) is 0 Å². The summed E-state index contributed by atoms with van der Waals surface area (Å²) in [5.74, 6) is 0.961. The van der Waals surface area contributed by atoms with E-state index < -0.39 is 10.8 Å². The molecule has 3 N–H and O–H groups in total. The molecule has 0 saturated carbocycles. The molecule has 100 valence electrons. The van der Waals surface area contributed by atoms with Crippen LogP contribution < -0.4 is 15.8 Å². The van der Waals surface area contributed by atoms with Gasteiger partial charge in [-0.1, -0.05) is 0 Å². The van der Waals surface area contributed by atoms with E-state index in [1.54, 1.807) is 24.5 Å². The van der Waals surface area contributed by atoms with Gasteiger partial charge in [-0.15, -0.1) is 0 Å². The van der Waals surface area contributed by atoms with Gasteiger partial charge in [0.25, 0.3) is 0 Å². The molecule has 0 spiro atoms. The lowest BCUT2D eigenvalue weighted by atomic mass is 10.2. The molecule has 0 bridgehead atoms. The zero-order valence-electron chi connectivity index (χ0n) is 10.6. The minimum absolute atomic E-state index is 0.135. The monoisotopic (exact) mass is 270 g/mol. The number of amides is 1. The Bertz CT molecular complexity index is 449. The largest absolute Gasteiger partial charge is 0.495 e. The van der Waals surface area contributed by atoms with Crippen molar-refractivity contribution in [3.8, 4) is 5.75 Å². The molecular weight excluding hydrogens is 252 g/mol. The number of nitrogens with one attached hydrogen (secondary N) is 1. The summed E-state index contributed by atoms with van der Waals surface area (Å²) in [4.78, 5) is 11.7. The van der Waals surface area contributed by atoms with Crippen LogP contribution in [0.4, 0.5) is 11.4 Å². The van der Waals surface area contributed by atoms with Gasteiger partial charge in [-0.3, -0.25) is 9.00 Å². The van der Waals surface area contributed by atoms with Gasteiger partial charge in [0.15, 0.2) is 0 Å². The third kappa shape index (κ3) is 4.75. The molecule has 1 aromatic carbocycles. The van der Waals surface area contributed by atoms with Gasteiger partial charge in [-0.2, -0.15) is 0 Å². The van der Waals surface area contributed by atoms with Crippen LogP contribution in [0.5, 0.6) is 5.75 Å². The first-order chi connectivity index (χ1) is 8.52. The van der Waals surface area contributed by atoms with E-state index in [0.29, 0.717) is 35.7 Å². The van der Waals surface area contributed by atoms with E-state index in [-0.39, 0.29) is 5.91 Å². The molecule has 0 heterocycles. The molecule has 5 nitrogen and oxygen atoms in total. The fraction of sp³-hybridized carbons (Fsp3) is 0.417. The van der Waals surface area contributed by atoms with Crippen LogP contribution in [0.1, 0.15) is 12.8 Å². The van der Waals surface area contributed by atoms with E-state index in [9.17, 15) is 9.00 Å². The molecule has 0 fully saturated rings. The number of anilines is 2. The van der Waals surface area contributed by atoms with Crippen molar-refractivity contribution in [1.29, 1.82) is 0 Å². The Morgan fingerprint density at radius 1 is 1.50 bits per heavy atom. The van der Waals surface area contributed by atoms with Crippen molar-refractivity contribution in [2.24, 2.45) is 0 Å². The zero-order valence-corrected chi connectivity index (χ0v) is 11.4. The lowest BCUT2D eigenvalue weighted by molar-refractivity contribution is -0.116. The summed E-state index contributed by atoms with van der Waals surface area (Å²) < 4.78 is 16.0. The van der Waals surface area contributed by atoms with Crippen molar-refractivity contribution < 1.29 is 13.7 Å². The maximum atomic E-state index is 11.7. The molecule has 1 aromatic rings. The Morgan fingerprint density at radius 3 is 2.83 bits per heavy atom. The molecule has 0 aliphatic heterocycles. The lowest BCUT2D eigenvalue weighted by Crippen LogP contribution is -2.13. The molecular formula is C12H18N2O3S. The van der Waals surface area contributed by atoms with E-state index in [4.69, 9.17) is 10.5 Å². The van der Waals surface area contributed by atoms with Gasteiger partial charge in [-0.05, 0) is 24.6 Å². The van der Waals surface area contributed by atoms with Crippen molar-refractivity contribution in [2.45, 2.75) is 12.8 Å². The molecule has 1 unspecified atom stereocenters. The van der Waals surface area contributed by atoms with E-state index in [1.165, 1.54) is 7.11 Å². The summed E-state index contributed by atoms with van der Waals surface area (Å²) in [5, 5.41) is 2.73. The van der Waals surface area contributed by atoms with Crippen LogP contribution in [0.2, 0.25) is 0 Å². The highest BCUT2D eigenvalue weighted by atomic mass is 32.2. The minimum atomic E-state index is -0.863. The highest BCUT2D eigenvalue weighted by Gasteiger charge is 2.08. The molecule has 0 radical (unpaired) electrons. The first-order valence-electron chi connectivity index (χ1n) is 5.56. The van der Waals surface area contributed by atoms with Crippen molar-refractivity contribution in [1.82, 2.24) is 0 Å². The fourth-order valence-electron chi connectivity index (χ4n) is 1.47. The van der Waals surface area contributed by atoms with Gasteiger partial charge in [0.1, 0.15) is 5.75 Å². The molecule has 1 rings (SSSR count). The van der Waals surface area contributed by atoms with Crippen LogP contribution in [0.15, 0.2) is 18.2 Å². The summed E-state index contributed by atoms with van der Waals surface area (Å²) in [6.07, 6.45) is 2.55. The second-order valence-electron chi connectivity index (χ2n) is 3.89. The topological polar surface area (TPSA) is 81.4 Å². The fourth-order valence-corrected chi connectivity index (χ4v) is 2.02. The van der Waals surface area contributed by atoms with Crippen molar-refractivity contribution in [3.05, 3.63) is 18.2 Å². The summed E-state index contributed by atoms with van der Waals surface area (Å²) in [6, 6.07) is 5.05. The average molecular weight is 270 g/mol. The van der Waals surface area contributed by atoms with Crippen molar-refractivity contribution in [2.75, 3.05) is 30.2 Å². The van der Waals surface area contributed by atoms with Crippen LogP contribution in [0.3, 0.4) is 0 Å². The number of nitrogens with two attached hydrogens (primary N) is 1. The Hall–Kier alpha value is -1.56. The first-order valence-corrected chi connectivity index (χ1v) is 7.29. The third-order valence-electron chi connectivity index (χ3n) is 2.33. The zero-order chi connectivity index (χ0) is 13.5.